The summed E-state index contributed by atoms with van der Waals surface area (Å²) in [6.07, 6.45) is 27.2. The monoisotopic (exact) mass is 620 g/mol. The molecule has 0 amide bonds. The summed E-state index contributed by atoms with van der Waals surface area (Å²) in [6, 6.07) is 0. The van der Waals surface area contributed by atoms with Crippen molar-refractivity contribution in [3.63, 3.8) is 0 Å². The Kier molecular flexibility index (Phi) is 29.4. The van der Waals surface area contributed by atoms with Crippen molar-refractivity contribution >= 4 is 19.8 Å². The summed E-state index contributed by atoms with van der Waals surface area (Å²) in [5, 5.41) is 0. The molecule has 0 aromatic rings. The van der Waals surface area contributed by atoms with E-state index in [2.05, 4.69) is 18.4 Å². The van der Waals surface area contributed by atoms with E-state index in [4.69, 9.17) is 14.0 Å². The van der Waals surface area contributed by atoms with Crippen molar-refractivity contribution in [2.45, 2.75) is 180 Å². The van der Waals surface area contributed by atoms with Crippen LogP contribution in [0.15, 0.2) is 0 Å². The van der Waals surface area contributed by atoms with E-state index < -0.39 is 26.5 Å². The van der Waals surface area contributed by atoms with Crippen molar-refractivity contribution in [3.05, 3.63) is 0 Å². The first-order chi connectivity index (χ1) is 20.3. The molecule has 8 nitrogen and oxygen atoms in total. The van der Waals surface area contributed by atoms with Gasteiger partial charge in [-0.3, -0.25) is 18.6 Å². The third kappa shape index (κ3) is 29.1. The van der Waals surface area contributed by atoms with Gasteiger partial charge in [0, 0.05) is 20.0 Å². The number of phosphoric ester groups is 1. The minimum Gasteiger partial charge on any atom is -0.462 e. The third-order valence-electron chi connectivity index (χ3n) is 7.60. The van der Waals surface area contributed by atoms with Gasteiger partial charge in [0.2, 0.25) is 0 Å². The van der Waals surface area contributed by atoms with Gasteiger partial charge in [0.25, 0.3) is 0 Å². The molecule has 0 bridgehead atoms. The van der Waals surface area contributed by atoms with Gasteiger partial charge in [-0.2, -0.15) is 0 Å². The van der Waals surface area contributed by atoms with E-state index in [1.54, 1.807) is 0 Å². The second kappa shape index (κ2) is 30.1. The molecule has 0 aliphatic carbocycles. The molecule has 0 aromatic carbocycles. The van der Waals surface area contributed by atoms with Crippen LogP contribution >= 0.6 is 7.82 Å². The molecule has 0 heterocycles. The molecule has 42 heavy (non-hydrogen) atoms. The van der Waals surface area contributed by atoms with Crippen molar-refractivity contribution < 1.29 is 37.6 Å². The summed E-state index contributed by atoms with van der Waals surface area (Å²) in [6.45, 7) is 3.86. The van der Waals surface area contributed by atoms with Gasteiger partial charge in [-0.15, -0.1) is 0 Å². The molecule has 2 unspecified atom stereocenters. The lowest BCUT2D eigenvalue weighted by Crippen LogP contribution is -2.29. The summed E-state index contributed by atoms with van der Waals surface area (Å²) < 4.78 is 31.7. The first kappa shape index (κ1) is 41.0. The van der Waals surface area contributed by atoms with Gasteiger partial charge >= 0.3 is 19.8 Å². The average Bonchev–Trinajstić information content (AvgIpc) is 2.97. The molecule has 0 spiro atoms. The van der Waals surface area contributed by atoms with Crippen LogP contribution < -0.4 is 0 Å². The van der Waals surface area contributed by atoms with E-state index >= 15 is 0 Å². The van der Waals surface area contributed by atoms with Crippen LogP contribution in [-0.4, -0.2) is 43.3 Å². The van der Waals surface area contributed by atoms with Crippen molar-refractivity contribution in [2.24, 2.45) is 0 Å². The topological polar surface area (TPSA) is 108 Å². The van der Waals surface area contributed by atoms with E-state index in [-0.39, 0.29) is 19.0 Å². The van der Waals surface area contributed by atoms with Crippen LogP contribution in [0.4, 0.5) is 0 Å². The van der Waals surface area contributed by atoms with E-state index in [1.807, 2.05) is 0 Å². The fourth-order valence-electron chi connectivity index (χ4n) is 4.89. The molecule has 0 aliphatic rings. The van der Waals surface area contributed by atoms with E-state index in [0.29, 0.717) is 6.42 Å². The quantitative estimate of drug-likeness (QED) is 0.0450. The average molecular weight is 621 g/mol. The first-order valence-electron chi connectivity index (χ1n) is 17.2. The Hall–Kier alpha value is -0.950. The normalized spacial score (nSPS) is 13.5. The number of unbranched alkanes of at least 4 members (excludes halogenated alkanes) is 21. The molecule has 2 atom stereocenters. The van der Waals surface area contributed by atoms with Gasteiger partial charge in [0.05, 0.1) is 6.61 Å². The molecule has 0 fully saturated rings. The Labute approximate surface area is 258 Å². The van der Waals surface area contributed by atoms with Gasteiger partial charge in [0.1, 0.15) is 6.61 Å². The van der Waals surface area contributed by atoms with Gasteiger partial charge < -0.3 is 14.4 Å². The number of ether oxygens (including phenoxy) is 2. The maximum Gasteiger partial charge on any atom is 0.472 e. The van der Waals surface area contributed by atoms with E-state index in [1.165, 1.54) is 109 Å². The van der Waals surface area contributed by atoms with Crippen molar-refractivity contribution in [2.75, 3.05) is 20.3 Å². The van der Waals surface area contributed by atoms with Crippen LogP contribution in [0.2, 0.25) is 0 Å². The highest BCUT2D eigenvalue weighted by Gasteiger charge is 2.24. The van der Waals surface area contributed by atoms with Gasteiger partial charge in [-0.05, 0) is 12.8 Å². The molecule has 0 aromatic heterocycles. The molecule has 250 valence electrons. The maximum absolute atomic E-state index is 12.4. The summed E-state index contributed by atoms with van der Waals surface area (Å²) in [5.74, 6) is -0.798. The summed E-state index contributed by atoms with van der Waals surface area (Å²) in [7, 11) is -3.18. The minimum absolute atomic E-state index is 0.218. The molecule has 0 saturated carbocycles. The Morgan fingerprint density at radius 2 is 0.929 bits per heavy atom. The van der Waals surface area contributed by atoms with Crippen LogP contribution in [0.25, 0.3) is 0 Å². The fourth-order valence-corrected chi connectivity index (χ4v) is 5.35. The molecule has 1 N–H and O–H groups in total. The predicted molar refractivity (Wildman–Crippen MR) is 170 cm³/mol. The second-order valence-corrected chi connectivity index (χ2v) is 13.2. The van der Waals surface area contributed by atoms with Crippen LogP contribution in [0.5, 0.6) is 0 Å². The van der Waals surface area contributed by atoms with Crippen molar-refractivity contribution in [3.8, 4) is 0 Å². The van der Waals surface area contributed by atoms with E-state index in [9.17, 15) is 19.0 Å². The Morgan fingerprint density at radius 1 is 0.571 bits per heavy atom. The van der Waals surface area contributed by atoms with Gasteiger partial charge in [-0.25, -0.2) is 4.57 Å². The highest BCUT2D eigenvalue weighted by Crippen LogP contribution is 2.42. The lowest BCUT2D eigenvalue weighted by molar-refractivity contribution is -0.161. The predicted octanol–water partition coefficient (Wildman–Crippen LogP) is 10.00. The number of carbonyl (C=O) groups is 2. The Morgan fingerprint density at radius 3 is 1.31 bits per heavy atom. The largest absolute Gasteiger partial charge is 0.472 e. The molecule has 9 heteroatoms. The van der Waals surface area contributed by atoms with Crippen LogP contribution in [0, 0.1) is 0 Å². The highest BCUT2D eigenvalue weighted by molar-refractivity contribution is 7.47. The number of carbonyl (C=O) groups excluding carboxylic acids is 2. The number of rotatable bonds is 32. The van der Waals surface area contributed by atoms with Crippen LogP contribution in [0.3, 0.4) is 0 Å². The zero-order chi connectivity index (χ0) is 31.2. The second-order valence-electron chi connectivity index (χ2n) is 11.7. The zero-order valence-electron chi connectivity index (χ0n) is 27.4. The zero-order valence-corrected chi connectivity index (χ0v) is 28.3. The SMILES string of the molecule is CCCCCCCCCCCCCCCC(=O)OC(COC(=O)CCCCCCCCCCCC)COP(=O)(O)OC. The first-order valence-corrected chi connectivity index (χ1v) is 18.7. The molecule has 0 rings (SSSR count). The van der Waals surface area contributed by atoms with Crippen LogP contribution in [-0.2, 0) is 32.7 Å². The maximum atomic E-state index is 12.4. The number of esters is 2. The molecule has 0 aliphatic heterocycles. The minimum atomic E-state index is -4.24. The molecular weight excluding hydrogens is 555 g/mol. The van der Waals surface area contributed by atoms with Crippen molar-refractivity contribution in [1.82, 2.24) is 0 Å². The number of hydrogen-bond donors (Lipinski definition) is 1. The summed E-state index contributed by atoms with van der Waals surface area (Å²) in [4.78, 5) is 34.1. The summed E-state index contributed by atoms with van der Waals surface area (Å²) in [5.41, 5.74) is 0. The number of phosphoric acid groups is 1. The van der Waals surface area contributed by atoms with E-state index in [0.717, 1.165) is 45.6 Å². The van der Waals surface area contributed by atoms with Gasteiger partial charge in [0.15, 0.2) is 6.10 Å². The summed E-state index contributed by atoms with van der Waals surface area (Å²) >= 11 is 0. The molecular formula is C33H65O8P. The van der Waals surface area contributed by atoms with Crippen LogP contribution in [0.1, 0.15) is 174 Å². The highest BCUT2D eigenvalue weighted by atomic mass is 31.2. The Balaban J connectivity index is 4.08. The van der Waals surface area contributed by atoms with Crippen molar-refractivity contribution in [1.29, 1.82) is 0 Å². The fraction of sp³-hybridized carbons (Fsp3) is 0.939. The lowest BCUT2D eigenvalue weighted by Gasteiger charge is -2.19. The number of hydrogen-bond acceptors (Lipinski definition) is 7. The molecule has 0 radical (unpaired) electrons. The smallest absolute Gasteiger partial charge is 0.462 e. The third-order valence-corrected chi connectivity index (χ3v) is 8.54. The van der Waals surface area contributed by atoms with Gasteiger partial charge in [-0.1, -0.05) is 149 Å². The standard InChI is InChI=1S/C33H65O8P/c1-4-6-8-10-12-14-16-17-18-20-22-24-26-28-33(35)41-31(30-40-42(36,37)38-3)29-39-32(34)27-25-23-21-19-15-13-11-9-7-5-2/h31H,4-30H2,1-3H3,(H,36,37). The molecule has 0 saturated heterocycles. The Bertz CT molecular complexity index is 672. The lowest BCUT2D eigenvalue weighted by atomic mass is 10.0.